The lowest BCUT2D eigenvalue weighted by Crippen LogP contribution is -2.29. The first kappa shape index (κ1) is 15.0. The Labute approximate surface area is 125 Å². The zero-order valence-corrected chi connectivity index (χ0v) is 12.2. The Morgan fingerprint density at radius 3 is 2.71 bits per heavy atom. The second kappa shape index (κ2) is 8.04. The number of benzene rings is 1. The first-order valence-electron chi connectivity index (χ1n) is 7.14. The molecule has 1 heterocycles. The van der Waals surface area contributed by atoms with Crippen molar-refractivity contribution in [2.75, 3.05) is 13.2 Å². The van der Waals surface area contributed by atoms with E-state index in [2.05, 4.69) is 22.4 Å². The maximum Gasteiger partial charge on any atom is 0.407 e. The summed E-state index contributed by atoms with van der Waals surface area (Å²) < 4.78 is 4.92. The molecule has 1 atom stereocenters. The number of ether oxygens (including phenoxy) is 1. The second-order valence-electron chi connectivity index (χ2n) is 4.77. The predicted molar refractivity (Wildman–Crippen MR) is 82.1 cm³/mol. The molecule has 21 heavy (non-hydrogen) atoms. The van der Waals surface area contributed by atoms with Gasteiger partial charge in [-0.05, 0) is 30.5 Å². The third-order valence-corrected chi connectivity index (χ3v) is 3.24. The van der Waals surface area contributed by atoms with Crippen LogP contribution < -0.4 is 5.32 Å². The average Bonchev–Trinajstić information content (AvgIpc) is 2.53. The van der Waals surface area contributed by atoms with Crippen LogP contribution in [0.2, 0.25) is 0 Å². The first-order valence-corrected chi connectivity index (χ1v) is 7.14. The van der Waals surface area contributed by atoms with Crippen molar-refractivity contribution < 1.29 is 9.53 Å². The van der Waals surface area contributed by atoms with Crippen LogP contribution >= 0.6 is 0 Å². The van der Waals surface area contributed by atoms with Crippen LogP contribution in [0.15, 0.2) is 54.9 Å². The number of nitrogens with one attached hydrogen (secondary N) is 1. The van der Waals surface area contributed by atoms with E-state index >= 15 is 0 Å². The van der Waals surface area contributed by atoms with Gasteiger partial charge >= 0.3 is 6.09 Å². The minimum absolute atomic E-state index is 0.194. The fraction of sp³-hybridized carbons (Fsp3) is 0.294. The SMILES string of the molecule is CCOC(=O)NCC(Cc1cccnc1)c1ccccc1. The molecule has 0 aliphatic carbocycles. The highest BCUT2D eigenvalue weighted by atomic mass is 16.5. The van der Waals surface area contributed by atoms with Crippen molar-refractivity contribution in [2.24, 2.45) is 0 Å². The minimum Gasteiger partial charge on any atom is -0.450 e. The van der Waals surface area contributed by atoms with E-state index in [1.165, 1.54) is 5.56 Å². The molecule has 0 aliphatic heterocycles. The van der Waals surface area contributed by atoms with Gasteiger partial charge in [-0.15, -0.1) is 0 Å². The van der Waals surface area contributed by atoms with Crippen LogP contribution in [-0.2, 0) is 11.2 Å². The number of amides is 1. The molecule has 4 heteroatoms. The average molecular weight is 284 g/mol. The number of rotatable bonds is 6. The molecule has 2 aromatic rings. The van der Waals surface area contributed by atoms with Crippen LogP contribution in [0.25, 0.3) is 0 Å². The molecule has 1 N–H and O–H groups in total. The number of carbonyl (C=O) groups excluding carboxylic acids is 1. The normalized spacial score (nSPS) is 11.7. The molecule has 0 aliphatic rings. The number of hydrogen-bond donors (Lipinski definition) is 1. The highest BCUT2D eigenvalue weighted by molar-refractivity contribution is 5.67. The van der Waals surface area contributed by atoms with Gasteiger partial charge in [-0.2, -0.15) is 0 Å². The molecular weight excluding hydrogens is 264 g/mol. The third-order valence-electron chi connectivity index (χ3n) is 3.24. The standard InChI is InChI=1S/C17H20N2O2/c1-2-21-17(20)19-13-16(15-8-4-3-5-9-15)11-14-7-6-10-18-12-14/h3-10,12,16H,2,11,13H2,1H3,(H,19,20). The van der Waals surface area contributed by atoms with E-state index in [1.54, 1.807) is 13.1 Å². The molecule has 2 rings (SSSR count). The first-order chi connectivity index (χ1) is 10.3. The summed E-state index contributed by atoms with van der Waals surface area (Å²) in [5.41, 5.74) is 2.34. The van der Waals surface area contributed by atoms with Crippen LogP contribution in [0.3, 0.4) is 0 Å². The van der Waals surface area contributed by atoms with Gasteiger partial charge in [-0.1, -0.05) is 36.4 Å². The summed E-state index contributed by atoms with van der Waals surface area (Å²) in [5, 5.41) is 2.82. The molecule has 4 nitrogen and oxygen atoms in total. The number of hydrogen-bond acceptors (Lipinski definition) is 3. The summed E-state index contributed by atoms with van der Waals surface area (Å²) in [4.78, 5) is 15.6. The topological polar surface area (TPSA) is 51.2 Å². The molecule has 1 aromatic heterocycles. The molecule has 0 saturated heterocycles. The Balaban J connectivity index is 2.06. The Bertz CT molecular complexity index is 543. The van der Waals surface area contributed by atoms with Crippen molar-refractivity contribution in [3.63, 3.8) is 0 Å². The van der Waals surface area contributed by atoms with Gasteiger partial charge in [0.2, 0.25) is 0 Å². The summed E-state index contributed by atoms with van der Waals surface area (Å²) in [5.74, 6) is 0.194. The van der Waals surface area contributed by atoms with E-state index in [9.17, 15) is 4.79 Å². The van der Waals surface area contributed by atoms with Gasteiger partial charge in [0.05, 0.1) is 6.61 Å². The molecule has 110 valence electrons. The molecule has 1 aromatic carbocycles. The zero-order valence-electron chi connectivity index (χ0n) is 12.2. The monoisotopic (exact) mass is 284 g/mol. The minimum atomic E-state index is -0.371. The number of pyridine rings is 1. The number of alkyl carbamates (subject to hydrolysis) is 1. The summed E-state index contributed by atoms with van der Waals surface area (Å²) >= 11 is 0. The Kier molecular flexibility index (Phi) is 5.76. The van der Waals surface area contributed by atoms with Crippen LogP contribution in [-0.4, -0.2) is 24.2 Å². The van der Waals surface area contributed by atoms with E-state index in [4.69, 9.17) is 4.74 Å². The smallest absolute Gasteiger partial charge is 0.407 e. The van der Waals surface area contributed by atoms with Crippen molar-refractivity contribution in [1.82, 2.24) is 10.3 Å². The van der Waals surface area contributed by atoms with E-state index in [0.29, 0.717) is 13.2 Å². The molecule has 0 saturated carbocycles. The van der Waals surface area contributed by atoms with Gasteiger partial charge in [0.25, 0.3) is 0 Å². The lowest BCUT2D eigenvalue weighted by molar-refractivity contribution is 0.151. The lowest BCUT2D eigenvalue weighted by atomic mass is 9.92. The largest absolute Gasteiger partial charge is 0.450 e. The summed E-state index contributed by atoms with van der Waals surface area (Å²) in [6.45, 7) is 2.71. The van der Waals surface area contributed by atoms with Crippen molar-refractivity contribution >= 4 is 6.09 Å². The van der Waals surface area contributed by atoms with Gasteiger partial charge in [-0.3, -0.25) is 4.98 Å². The molecule has 0 bridgehead atoms. The number of carbonyl (C=O) groups is 1. The molecular formula is C17H20N2O2. The molecule has 1 amide bonds. The predicted octanol–water partition coefficient (Wildman–Crippen LogP) is 3.15. The summed E-state index contributed by atoms with van der Waals surface area (Å²) in [6, 6.07) is 14.1. The summed E-state index contributed by atoms with van der Waals surface area (Å²) in [6.07, 6.45) is 4.08. The Morgan fingerprint density at radius 2 is 2.05 bits per heavy atom. The van der Waals surface area contributed by atoms with Gasteiger partial charge in [0.1, 0.15) is 0 Å². The van der Waals surface area contributed by atoms with Crippen molar-refractivity contribution in [3.05, 3.63) is 66.0 Å². The van der Waals surface area contributed by atoms with Crippen molar-refractivity contribution in [1.29, 1.82) is 0 Å². The zero-order chi connectivity index (χ0) is 14.9. The highest BCUT2D eigenvalue weighted by Gasteiger charge is 2.14. The fourth-order valence-electron chi connectivity index (χ4n) is 2.23. The van der Waals surface area contributed by atoms with E-state index in [1.807, 2.05) is 36.5 Å². The Morgan fingerprint density at radius 1 is 1.24 bits per heavy atom. The van der Waals surface area contributed by atoms with Crippen molar-refractivity contribution in [2.45, 2.75) is 19.3 Å². The van der Waals surface area contributed by atoms with Gasteiger partial charge in [0, 0.05) is 24.9 Å². The van der Waals surface area contributed by atoms with E-state index in [0.717, 1.165) is 12.0 Å². The maximum absolute atomic E-state index is 11.5. The van der Waals surface area contributed by atoms with Gasteiger partial charge < -0.3 is 10.1 Å². The molecule has 1 unspecified atom stereocenters. The number of aromatic nitrogens is 1. The fourth-order valence-corrected chi connectivity index (χ4v) is 2.23. The maximum atomic E-state index is 11.5. The third kappa shape index (κ3) is 4.91. The van der Waals surface area contributed by atoms with Crippen LogP contribution in [0.5, 0.6) is 0 Å². The van der Waals surface area contributed by atoms with Gasteiger partial charge in [0.15, 0.2) is 0 Å². The van der Waals surface area contributed by atoms with Crippen molar-refractivity contribution in [3.8, 4) is 0 Å². The second-order valence-corrected chi connectivity index (χ2v) is 4.77. The van der Waals surface area contributed by atoms with E-state index < -0.39 is 0 Å². The molecule has 0 spiro atoms. The Hall–Kier alpha value is -2.36. The molecule has 0 fully saturated rings. The molecule has 0 radical (unpaired) electrons. The van der Waals surface area contributed by atoms with Gasteiger partial charge in [-0.25, -0.2) is 4.79 Å². The lowest BCUT2D eigenvalue weighted by Gasteiger charge is -2.18. The van der Waals surface area contributed by atoms with Crippen LogP contribution in [0, 0.1) is 0 Å². The van der Waals surface area contributed by atoms with Crippen LogP contribution in [0.1, 0.15) is 24.0 Å². The highest BCUT2D eigenvalue weighted by Crippen LogP contribution is 2.19. The van der Waals surface area contributed by atoms with Crippen LogP contribution in [0.4, 0.5) is 4.79 Å². The quantitative estimate of drug-likeness (QED) is 0.886. The van der Waals surface area contributed by atoms with E-state index in [-0.39, 0.29) is 12.0 Å². The summed E-state index contributed by atoms with van der Waals surface area (Å²) in [7, 11) is 0. The number of nitrogens with zero attached hydrogens (tertiary/aromatic N) is 1.